The number of hydrogen-bond donors (Lipinski definition) is 2. The van der Waals surface area contributed by atoms with Crippen LogP contribution in [0.1, 0.15) is 39.5 Å². The van der Waals surface area contributed by atoms with Gasteiger partial charge in [0.05, 0.1) is 6.04 Å². The van der Waals surface area contributed by atoms with Crippen molar-refractivity contribution in [2.75, 3.05) is 26.2 Å². The van der Waals surface area contributed by atoms with E-state index in [1.807, 2.05) is 4.90 Å². The van der Waals surface area contributed by atoms with E-state index in [4.69, 9.17) is 5.73 Å². The molecule has 1 heterocycles. The summed E-state index contributed by atoms with van der Waals surface area (Å²) in [5.41, 5.74) is 5.75. The molecular formula is C13H27N3O. The predicted octanol–water partition coefficient (Wildman–Crippen LogP) is 0.962. The van der Waals surface area contributed by atoms with E-state index in [0.29, 0.717) is 12.5 Å². The maximum Gasteiger partial charge on any atom is 0.226 e. The molecule has 0 saturated carbocycles. The third-order valence-corrected chi connectivity index (χ3v) is 3.53. The van der Waals surface area contributed by atoms with E-state index in [2.05, 4.69) is 19.2 Å². The van der Waals surface area contributed by atoms with Crippen LogP contribution in [0.2, 0.25) is 0 Å². The summed E-state index contributed by atoms with van der Waals surface area (Å²) < 4.78 is 0. The van der Waals surface area contributed by atoms with Crippen LogP contribution in [0.15, 0.2) is 0 Å². The Balaban J connectivity index is 2.62. The Kier molecular flexibility index (Phi) is 6.52. The minimum Gasteiger partial charge on any atom is -0.336 e. The Morgan fingerprint density at radius 3 is 2.59 bits per heavy atom. The highest BCUT2D eigenvalue weighted by Crippen LogP contribution is 2.18. The predicted molar refractivity (Wildman–Crippen MR) is 70.7 cm³/mol. The highest BCUT2D eigenvalue weighted by Gasteiger charge is 2.29. The van der Waals surface area contributed by atoms with Crippen molar-refractivity contribution in [1.29, 1.82) is 0 Å². The zero-order chi connectivity index (χ0) is 12.7. The molecule has 1 saturated heterocycles. The molecule has 17 heavy (non-hydrogen) atoms. The van der Waals surface area contributed by atoms with Crippen LogP contribution < -0.4 is 11.1 Å². The molecular weight excluding hydrogens is 214 g/mol. The highest BCUT2D eigenvalue weighted by molar-refractivity contribution is 5.79. The maximum absolute atomic E-state index is 12.5. The summed E-state index contributed by atoms with van der Waals surface area (Å²) in [6.07, 6.45) is 4.17. The molecule has 1 aliphatic heterocycles. The smallest absolute Gasteiger partial charge is 0.226 e. The molecule has 0 aliphatic carbocycles. The second-order valence-electron chi connectivity index (χ2n) is 4.90. The van der Waals surface area contributed by atoms with Gasteiger partial charge >= 0.3 is 0 Å². The van der Waals surface area contributed by atoms with Gasteiger partial charge in [0.25, 0.3) is 0 Å². The number of rotatable bonds is 6. The van der Waals surface area contributed by atoms with Gasteiger partial charge in [-0.15, -0.1) is 0 Å². The van der Waals surface area contributed by atoms with Crippen molar-refractivity contribution in [3.63, 3.8) is 0 Å². The van der Waals surface area contributed by atoms with Crippen LogP contribution in [0, 0.1) is 5.92 Å². The Bertz CT molecular complexity index is 227. The normalized spacial score (nSPS) is 20.9. The first kappa shape index (κ1) is 14.5. The number of carbonyl (C=O) groups excluding carboxylic acids is 1. The van der Waals surface area contributed by atoms with Crippen molar-refractivity contribution in [1.82, 2.24) is 10.2 Å². The number of hydrogen-bond acceptors (Lipinski definition) is 3. The number of carbonyl (C=O) groups is 1. The molecule has 100 valence electrons. The van der Waals surface area contributed by atoms with Gasteiger partial charge in [0, 0.05) is 32.1 Å². The zero-order valence-electron chi connectivity index (χ0n) is 11.2. The molecule has 0 bridgehead atoms. The average Bonchev–Trinajstić information content (AvgIpc) is 2.37. The van der Waals surface area contributed by atoms with Crippen molar-refractivity contribution < 1.29 is 4.79 Å². The zero-order valence-corrected chi connectivity index (χ0v) is 11.2. The number of amides is 1. The molecule has 0 radical (unpaired) electrons. The lowest BCUT2D eigenvalue weighted by Crippen LogP contribution is -2.57. The fourth-order valence-corrected chi connectivity index (χ4v) is 2.58. The second kappa shape index (κ2) is 7.67. The first-order chi connectivity index (χ1) is 8.24. The molecule has 1 atom stereocenters. The van der Waals surface area contributed by atoms with E-state index in [9.17, 15) is 4.79 Å². The molecule has 3 N–H and O–H groups in total. The van der Waals surface area contributed by atoms with Gasteiger partial charge in [0.2, 0.25) is 5.91 Å². The van der Waals surface area contributed by atoms with Gasteiger partial charge in [-0.25, -0.2) is 0 Å². The number of nitrogens with zero attached hydrogens (tertiary/aromatic N) is 1. The summed E-state index contributed by atoms with van der Waals surface area (Å²) in [5, 5.41) is 3.30. The van der Waals surface area contributed by atoms with Gasteiger partial charge in [-0.2, -0.15) is 0 Å². The summed E-state index contributed by atoms with van der Waals surface area (Å²) in [6.45, 7) is 7.40. The van der Waals surface area contributed by atoms with Crippen molar-refractivity contribution >= 4 is 5.91 Å². The van der Waals surface area contributed by atoms with Crippen LogP contribution in [0.3, 0.4) is 0 Å². The lowest BCUT2D eigenvalue weighted by molar-refractivity contribution is -0.139. The van der Waals surface area contributed by atoms with E-state index in [1.165, 1.54) is 0 Å². The van der Waals surface area contributed by atoms with Gasteiger partial charge < -0.3 is 16.0 Å². The molecule has 0 aromatic carbocycles. The molecule has 1 fully saturated rings. The maximum atomic E-state index is 12.5. The standard InChI is InChI=1S/C13H27N3O/c1-3-5-11(6-4-2)13(17)16-8-7-15-10-12(16)9-14/h11-12,15H,3-10,14H2,1-2H3. The Hall–Kier alpha value is -0.610. The Morgan fingerprint density at radius 2 is 2.06 bits per heavy atom. The van der Waals surface area contributed by atoms with E-state index in [0.717, 1.165) is 45.3 Å². The second-order valence-corrected chi connectivity index (χ2v) is 4.90. The van der Waals surface area contributed by atoms with Crippen LogP contribution in [-0.4, -0.2) is 43.0 Å². The van der Waals surface area contributed by atoms with Gasteiger partial charge in [-0.3, -0.25) is 4.79 Å². The first-order valence-electron chi connectivity index (χ1n) is 6.95. The Labute approximate surface area is 105 Å². The van der Waals surface area contributed by atoms with Crippen LogP contribution >= 0.6 is 0 Å². The number of nitrogens with two attached hydrogens (primary N) is 1. The van der Waals surface area contributed by atoms with Gasteiger partial charge in [-0.1, -0.05) is 26.7 Å². The average molecular weight is 241 g/mol. The van der Waals surface area contributed by atoms with E-state index < -0.39 is 0 Å². The molecule has 1 rings (SSSR count). The fourth-order valence-electron chi connectivity index (χ4n) is 2.58. The lowest BCUT2D eigenvalue weighted by atomic mass is 9.95. The Morgan fingerprint density at radius 1 is 1.41 bits per heavy atom. The van der Waals surface area contributed by atoms with E-state index in [1.54, 1.807) is 0 Å². The monoisotopic (exact) mass is 241 g/mol. The van der Waals surface area contributed by atoms with Crippen LogP contribution in [-0.2, 0) is 4.79 Å². The summed E-state index contributed by atoms with van der Waals surface area (Å²) in [5.74, 6) is 0.530. The van der Waals surface area contributed by atoms with E-state index >= 15 is 0 Å². The first-order valence-corrected chi connectivity index (χ1v) is 6.95. The number of piperazine rings is 1. The molecule has 4 heteroatoms. The van der Waals surface area contributed by atoms with Gasteiger partial charge in [0.1, 0.15) is 0 Å². The quantitative estimate of drug-likeness (QED) is 0.728. The van der Waals surface area contributed by atoms with Crippen molar-refractivity contribution in [3.8, 4) is 0 Å². The van der Waals surface area contributed by atoms with E-state index in [-0.39, 0.29) is 12.0 Å². The molecule has 0 spiro atoms. The van der Waals surface area contributed by atoms with Crippen LogP contribution in [0.5, 0.6) is 0 Å². The van der Waals surface area contributed by atoms with Gasteiger partial charge in [0.15, 0.2) is 0 Å². The third-order valence-electron chi connectivity index (χ3n) is 3.53. The van der Waals surface area contributed by atoms with Crippen LogP contribution in [0.4, 0.5) is 0 Å². The van der Waals surface area contributed by atoms with Crippen LogP contribution in [0.25, 0.3) is 0 Å². The minimum absolute atomic E-state index is 0.187. The third kappa shape index (κ3) is 3.96. The van der Waals surface area contributed by atoms with Crippen molar-refractivity contribution in [2.24, 2.45) is 11.7 Å². The summed E-state index contributed by atoms with van der Waals surface area (Å²) >= 11 is 0. The highest BCUT2D eigenvalue weighted by atomic mass is 16.2. The fraction of sp³-hybridized carbons (Fsp3) is 0.923. The molecule has 1 aliphatic rings. The van der Waals surface area contributed by atoms with Gasteiger partial charge in [-0.05, 0) is 12.8 Å². The molecule has 0 aromatic rings. The van der Waals surface area contributed by atoms with Crippen molar-refractivity contribution in [3.05, 3.63) is 0 Å². The van der Waals surface area contributed by atoms with Crippen molar-refractivity contribution in [2.45, 2.75) is 45.6 Å². The summed E-state index contributed by atoms with van der Waals surface area (Å²) in [6, 6.07) is 0.187. The molecule has 1 unspecified atom stereocenters. The molecule has 1 amide bonds. The lowest BCUT2D eigenvalue weighted by Gasteiger charge is -2.37. The SMILES string of the molecule is CCCC(CCC)C(=O)N1CCNCC1CN. The molecule has 0 aromatic heterocycles. The largest absolute Gasteiger partial charge is 0.336 e. The molecule has 4 nitrogen and oxygen atoms in total. The topological polar surface area (TPSA) is 58.4 Å². The number of nitrogens with one attached hydrogen (secondary N) is 1. The summed E-state index contributed by atoms with van der Waals surface area (Å²) in [4.78, 5) is 14.5. The minimum atomic E-state index is 0.187. The summed E-state index contributed by atoms with van der Waals surface area (Å²) in [7, 11) is 0.